The number of nitrogens with one attached hydrogen (secondary N) is 1. The Morgan fingerprint density at radius 2 is 2.38 bits per heavy atom. The molecule has 4 nitrogen and oxygen atoms in total. The Morgan fingerprint density at radius 3 is 3.06 bits per heavy atom. The fraction of sp³-hybridized carbons (Fsp3) is 0.273. The zero-order chi connectivity index (χ0) is 11.7. The van der Waals surface area contributed by atoms with Crippen molar-refractivity contribution in [3.05, 3.63) is 28.9 Å². The molecule has 0 saturated carbocycles. The number of nitrogens with zero attached hydrogens (tertiary/aromatic N) is 1. The van der Waals surface area contributed by atoms with E-state index in [9.17, 15) is 4.79 Å². The van der Waals surface area contributed by atoms with Gasteiger partial charge in [-0.2, -0.15) is 5.10 Å². The summed E-state index contributed by atoms with van der Waals surface area (Å²) in [6, 6.07) is 5.58. The van der Waals surface area contributed by atoms with Crippen molar-refractivity contribution < 1.29 is 9.90 Å². The van der Waals surface area contributed by atoms with Crippen LogP contribution < -0.4 is 0 Å². The van der Waals surface area contributed by atoms with Gasteiger partial charge in [0.2, 0.25) is 0 Å². The Kier molecular flexibility index (Phi) is 2.83. The number of aromatic amines is 1. The Morgan fingerprint density at radius 1 is 1.62 bits per heavy atom. The zero-order valence-electron chi connectivity index (χ0n) is 8.70. The molecule has 84 valence electrons. The van der Waals surface area contributed by atoms with E-state index >= 15 is 0 Å². The third-order valence-corrected chi connectivity index (χ3v) is 2.85. The zero-order valence-corrected chi connectivity index (χ0v) is 9.45. The highest BCUT2D eigenvalue weighted by Gasteiger charge is 2.16. The van der Waals surface area contributed by atoms with Gasteiger partial charge in [-0.3, -0.25) is 9.89 Å². The van der Waals surface area contributed by atoms with Gasteiger partial charge in [0.25, 0.3) is 0 Å². The molecule has 0 fully saturated rings. The fourth-order valence-corrected chi connectivity index (χ4v) is 2.09. The monoisotopic (exact) mass is 238 g/mol. The third kappa shape index (κ3) is 1.88. The van der Waals surface area contributed by atoms with Crippen molar-refractivity contribution in [3.63, 3.8) is 0 Å². The van der Waals surface area contributed by atoms with Gasteiger partial charge in [-0.15, -0.1) is 0 Å². The van der Waals surface area contributed by atoms with Crippen LogP contribution in [0.1, 0.15) is 24.8 Å². The van der Waals surface area contributed by atoms with Crippen LogP contribution in [-0.4, -0.2) is 21.3 Å². The average Bonchev–Trinajstić information content (AvgIpc) is 2.59. The fourth-order valence-electron chi connectivity index (χ4n) is 1.84. The molecular formula is C11H11ClN2O2. The van der Waals surface area contributed by atoms with Crippen LogP contribution in [0.25, 0.3) is 10.9 Å². The molecule has 0 aliphatic rings. The number of carbonyl (C=O) groups is 1. The summed E-state index contributed by atoms with van der Waals surface area (Å²) < 4.78 is 0. The highest BCUT2D eigenvalue weighted by molar-refractivity contribution is 6.34. The molecule has 1 atom stereocenters. The first kappa shape index (κ1) is 11.0. The average molecular weight is 239 g/mol. The normalized spacial score (nSPS) is 12.9. The minimum atomic E-state index is -0.816. The molecule has 16 heavy (non-hydrogen) atoms. The molecule has 0 amide bonds. The number of aliphatic carboxylic acids is 1. The van der Waals surface area contributed by atoms with Gasteiger partial charge in [-0.05, 0) is 17.5 Å². The van der Waals surface area contributed by atoms with Gasteiger partial charge in [-0.1, -0.05) is 30.7 Å². The van der Waals surface area contributed by atoms with Crippen molar-refractivity contribution in [2.75, 3.05) is 0 Å². The lowest BCUT2D eigenvalue weighted by Crippen LogP contribution is -2.03. The second-order valence-electron chi connectivity index (χ2n) is 3.78. The molecular weight excluding hydrogens is 228 g/mol. The lowest BCUT2D eigenvalue weighted by molar-refractivity contribution is -0.137. The van der Waals surface area contributed by atoms with E-state index in [0.717, 1.165) is 16.5 Å². The molecule has 1 aromatic carbocycles. The minimum Gasteiger partial charge on any atom is -0.481 e. The first-order valence-electron chi connectivity index (χ1n) is 4.94. The molecule has 1 heterocycles. The number of fused-ring (bicyclic) bond motifs is 1. The molecule has 0 spiro atoms. The number of hydrogen-bond acceptors (Lipinski definition) is 2. The highest BCUT2D eigenvalue weighted by Crippen LogP contribution is 2.31. The lowest BCUT2D eigenvalue weighted by Gasteiger charge is -2.10. The molecule has 0 radical (unpaired) electrons. The van der Waals surface area contributed by atoms with E-state index in [4.69, 9.17) is 16.7 Å². The van der Waals surface area contributed by atoms with Gasteiger partial charge >= 0.3 is 5.97 Å². The largest absolute Gasteiger partial charge is 0.481 e. The summed E-state index contributed by atoms with van der Waals surface area (Å²) in [4.78, 5) is 10.7. The number of rotatable bonds is 3. The van der Waals surface area contributed by atoms with Crippen LogP contribution in [0, 0.1) is 0 Å². The Labute approximate surface area is 97.2 Å². The van der Waals surface area contributed by atoms with Crippen molar-refractivity contribution in [2.24, 2.45) is 0 Å². The van der Waals surface area contributed by atoms with Crippen molar-refractivity contribution in [3.8, 4) is 0 Å². The Bertz CT molecular complexity index is 536. The van der Waals surface area contributed by atoms with Crippen LogP contribution in [0.2, 0.25) is 5.15 Å². The standard InChI is InChI=1S/C11H11ClN2O2/c1-6(5-9(15)16)7-3-2-4-8-10(7)11(12)14-13-8/h2-4,6H,5H2,1H3,(H,13,14)(H,15,16). The van der Waals surface area contributed by atoms with E-state index in [1.807, 2.05) is 25.1 Å². The van der Waals surface area contributed by atoms with Crippen molar-refractivity contribution >= 4 is 28.5 Å². The number of halogens is 1. The van der Waals surface area contributed by atoms with E-state index < -0.39 is 5.97 Å². The van der Waals surface area contributed by atoms with Crippen LogP contribution in [0.4, 0.5) is 0 Å². The van der Waals surface area contributed by atoms with Gasteiger partial charge in [0.05, 0.1) is 11.9 Å². The maximum atomic E-state index is 10.7. The van der Waals surface area contributed by atoms with Gasteiger partial charge in [0, 0.05) is 5.39 Å². The number of hydrogen-bond donors (Lipinski definition) is 2. The Hall–Kier alpha value is -1.55. The van der Waals surface area contributed by atoms with E-state index in [1.54, 1.807) is 0 Å². The summed E-state index contributed by atoms with van der Waals surface area (Å²) in [6.07, 6.45) is 0.0840. The molecule has 1 aromatic heterocycles. The minimum absolute atomic E-state index is 0.0840. The summed E-state index contributed by atoms with van der Waals surface area (Å²) in [7, 11) is 0. The lowest BCUT2D eigenvalue weighted by atomic mass is 9.95. The van der Waals surface area contributed by atoms with Gasteiger partial charge in [0.15, 0.2) is 0 Å². The number of carboxylic acids is 1. The number of aromatic nitrogens is 2. The predicted molar refractivity (Wildman–Crippen MR) is 61.8 cm³/mol. The second-order valence-corrected chi connectivity index (χ2v) is 4.16. The van der Waals surface area contributed by atoms with Gasteiger partial charge in [0.1, 0.15) is 5.15 Å². The van der Waals surface area contributed by atoms with Crippen LogP contribution >= 0.6 is 11.6 Å². The molecule has 0 bridgehead atoms. The molecule has 2 N–H and O–H groups in total. The van der Waals surface area contributed by atoms with E-state index in [1.165, 1.54) is 0 Å². The van der Waals surface area contributed by atoms with E-state index in [2.05, 4.69) is 10.2 Å². The summed E-state index contributed by atoms with van der Waals surface area (Å²) in [5.41, 5.74) is 1.68. The third-order valence-electron chi connectivity index (χ3n) is 2.58. The van der Waals surface area contributed by atoms with Crippen LogP contribution in [0.3, 0.4) is 0 Å². The number of benzene rings is 1. The number of H-pyrrole nitrogens is 1. The van der Waals surface area contributed by atoms with Crippen molar-refractivity contribution in [1.82, 2.24) is 10.2 Å². The molecule has 0 saturated heterocycles. The summed E-state index contributed by atoms with van der Waals surface area (Å²) >= 11 is 5.99. The molecule has 0 aliphatic heterocycles. The van der Waals surface area contributed by atoms with Crippen molar-refractivity contribution in [2.45, 2.75) is 19.3 Å². The van der Waals surface area contributed by atoms with Crippen LogP contribution in [0.5, 0.6) is 0 Å². The molecule has 0 aliphatic carbocycles. The predicted octanol–water partition coefficient (Wildman–Crippen LogP) is 2.79. The van der Waals surface area contributed by atoms with Crippen LogP contribution in [-0.2, 0) is 4.79 Å². The van der Waals surface area contributed by atoms with Gasteiger partial charge < -0.3 is 5.11 Å². The quantitative estimate of drug-likeness (QED) is 0.864. The summed E-state index contributed by atoms with van der Waals surface area (Å²) in [5.74, 6) is -0.902. The molecule has 2 aromatic rings. The maximum absolute atomic E-state index is 10.7. The van der Waals surface area contributed by atoms with Crippen LogP contribution in [0.15, 0.2) is 18.2 Å². The smallest absolute Gasteiger partial charge is 0.303 e. The summed E-state index contributed by atoms with van der Waals surface area (Å²) in [5, 5.41) is 16.8. The van der Waals surface area contributed by atoms with Crippen molar-refractivity contribution in [1.29, 1.82) is 0 Å². The second kappa shape index (κ2) is 4.14. The molecule has 5 heteroatoms. The maximum Gasteiger partial charge on any atom is 0.303 e. The number of carboxylic acid groups (broad SMARTS) is 1. The molecule has 1 unspecified atom stereocenters. The Balaban J connectivity index is 2.50. The topological polar surface area (TPSA) is 66.0 Å². The van der Waals surface area contributed by atoms with Gasteiger partial charge in [-0.25, -0.2) is 0 Å². The SMILES string of the molecule is CC(CC(=O)O)c1cccc2n[nH]c(Cl)c12. The first-order chi connectivity index (χ1) is 7.59. The first-order valence-corrected chi connectivity index (χ1v) is 5.31. The van der Waals surface area contributed by atoms with E-state index in [0.29, 0.717) is 5.15 Å². The molecule has 2 rings (SSSR count). The highest BCUT2D eigenvalue weighted by atomic mass is 35.5. The van der Waals surface area contributed by atoms with E-state index in [-0.39, 0.29) is 12.3 Å². The summed E-state index contributed by atoms with van der Waals surface area (Å²) in [6.45, 7) is 1.87.